The topological polar surface area (TPSA) is 29.5 Å². The molecule has 0 fully saturated rings. The number of fused-ring (bicyclic) bond motifs is 36. The highest BCUT2D eigenvalue weighted by atomic mass is 16.3. The van der Waals surface area contributed by atoms with Crippen LogP contribution in [0, 0.1) is 13.8 Å². The minimum Gasteiger partial charge on any atom is -0.456 e. The van der Waals surface area contributed by atoms with E-state index in [1.807, 2.05) is 0 Å². The number of benzene rings is 13. The zero-order chi connectivity index (χ0) is 77.3. The molecule has 13 aromatic carbocycles. The number of aryl methyl sites for hydroxylation is 2. The van der Waals surface area contributed by atoms with Crippen molar-refractivity contribution in [3.63, 3.8) is 0 Å². The minimum absolute atomic E-state index is 0.169. The van der Waals surface area contributed by atoms with Gasteiger partial charge in [-0.2, -0.15) is 0 Å². The van der Waals surface area contributed by atoms with Gasteiger partial charge >= 0.3 is 0 Å². The molecule has 3 heteroatoms. The second-order valence-corrected chi connectivity index (χ2v) is 35.3. The number of hydrogen-bond donors (Lipinski definition) is 0. The van der Waals surface area contributed by atoms with Crippen molar-refractivity contribution >= 4 is 60.9 Å². The average molecular weight is 1500 g/mol. The van der Waals surface area contributed by atoms with Gasteiger partial charge in [-0.3, -0.25) is 0 Å². The molecule has 0 saturated heterocycles. The molecule has 0 radical (unpaired) electrons. The minimum atomic E-state index is -0.693. The number of nitrogens with zero attached hydrogens (tertiary/aromatic N) is 1. The summed E-state index contributed by atoms with van der Waals surface area (Å²) in [6.45, 7) is 14.2. The van der Waals surface area contributed by atoms with E-state index in [4.69, 9.17) is 8.83 Å². The molecule has 2 aromatic heterocycles. The summed E-state index contributed by atoms with van der Waals surface area (Å²) in [4.78, 5) is 2.73. The van der Waals surface area contributed by atoms with Crippen molar-refractivity contribution in [2.24, 2.45) is 0 Å². The van der Waals surface area contributed by atoms with Crippen LogP contribution in [0.2, 0.25) is 0 Å². The summed E-state index contributed by atoms with van der Waals surface area (Å²) in [7, 11) is 0. The highest BCUT2D eigenvalue weighted by Crippen LogP contribution is 2.72. The van der Waals surface area contributed by atoms with Crippen LogP contribution in [0.25, 0.3) is 111 Å². The molecule has 2 spiro atoms. The normalized spacial score (nSPS) is 14.9. The van der Waals surface area contributed by atoms with Gasteiger partial charge in [0.05, 0.1) is 16.5 Å². The van der Waals surface area contributed by atoms with Gasteiger partial charge in [-0.15, -0.1) is 0 Å². The van der Waals surface area contributed by atoms with Crippen LogP contribution in [0.4, 0.5) is 17.1 Å². The Kier molecular flexibility index (Phi) is 17.9. The van der Waals surface area contributed by atoms with Gasteiger partial charge in [0, 0.05) is 49.3 Å². The number of hydrogen-bond acceptors (Lipinski definition) is 3. The van der Waals surface area contributed by atoms with Crippen LogP contribution >= 0.6 is 0 Å². The molecule has 0 atom stereocenters. The van der Waals surface area contributed by atoms with E-state index < -0.39 is 10.8 Å². The molecule has 6 aliphatic carbocycles. The molecule has 572 valence electrons. The average Bonchev–Trinajstić information content (AvgIpc) is 1.49. The van der Waals surface area contributed by atoms with Crippen molar-refractivity contribution in [1.82, 2.24) is 0 Å². The molecular formula is C112H107NO2. The maximum atomic E-state index is 7.75. The van der Waals surface area contributed by atoms with E-state index in [0.717, 1.165) is 53.4 Å². The summed E-state index contributed by atoms with van der Waals surface area (Å²) in [6.07, 6.45) is 29.5. The Bertz CT molecular complexity index is 6240. The molecule has 115 heavy (non-hydrogen) atoms. The first-order valence-corrected chi connectivity index (χ1v) is 44.6. The van der Waals surface area contributed by atoms with Gasteiger partial charge < -0.3 is 13.7 Å². The molecule has 0 unspecified atom stereocenters. The van der Waals surface area contributed by atoms with Crippen molar-refractivity contribution < 1.29 is 8.83 Å². The zero-order valence-corrected chi connectivity index (χ0v) is 68.4. The lowest BCUT2D eigenvalue weighted by atomic mass is 9.62. The monoisotopic (exact) mass is 1500 g/mol. The fourth-order valence-electron chi connectivity index (χ4n) is 24.3. The van der Waals surface area contributed by atoms with Gasteiger partial charge in [-0.1, -0.05) is 350 Å². The SMILES string of the molecule is CCCCCCCC1(CCCCCCC)c2cc(N(c3ccc4c(c3)C3(c5ccccc5-c5ccccc53)c3cc5c(cc3-4)C3(c4ccccc4-c4ccccc43)c3ccc4oc6ccccc6c4c3-5)c3c(C)cccc3C)ccc2-c2c1c1c(c3c2oc2ccccc23)-c2ccccc2C1(CCCCCCC)CCCCCCC. The number of furan rings is 2. The Morgan fingerprint density at radius 3 is 1.19 bits per heavy atom. The van der Waals surface area contributed by atoms with Gasteiger partial charge in [0.15, 0.2) is 0 Å². The molecule has 0 aliphatic heterocycles. The fraction of sp³-hybridized carbons (Fsp3) is 0.304. The molecule has 6 aliphatic rings. The lowest BCUT2D eigenvalue weighted by Crippen LogP contribution is -2.33. The molecule has 0 amide bonds. The smallest absolute Gasteiger partial charge is 0.144 e. The lowest BCUT2D eigenvalue weighted by Gasteiger charge is -2.40. The van der Waals surface area contributed by atoms with E-state index in [2.05, 4.69) is 295 Å². The number of unbranched alkanes of at least 4 members (excludes halogenated alkanes) is 16. The van der Waals surface area contributed by atoms with Crippen LogP contribution in [0.5, 0.6) is 0 Å². The Balaban J connectivity index is 0.832. The molecule has 21 rings (SSSR count). The van der Waals surface area contributed by atoms with Crippen LogP contribution in [0.3, 0.4) is 0 Å². The van der Waals surface area contributed by atoms with E-state index in [1.165, 1.54) is 290 Å². The van der Waals surface area contributed by atoms with E-state index in [1.54, 1.807) is 16.7 Å². The number of para-hydroxylation sites is 3. The fourth-order valence-corrected chi connectivity index (χ4v) is 24.3. The highest BCUT2D eigenvalue weighted by Gasteiger charge is 2.59. The second kappa shape index (κ2) is 28.6. The van der Waals surface area contributed by atoms with Crippen molar-refractivity contribution in [3.8, 4) is 66.8 Å². The van der Waals surface area contributed by atoms with Crippen molar-refractivity contribution in [3.05, 3.63) is 327 Å². The third-order valence-corrected chi connectivity index (χ3v) is 29.1. The molecule has 3 nitrogen and oxygen atoms in total. The maximum absolute atomic E-state index is 7.75. The summed E-state index contributed by atoms with van der Waals surface area (Å²) in [6, 6.07) is 98.1. The van der Waals surface area contributed by atoms with E-state index in [0.29, 0.717) is 0 Å². The quantitative estimate of drug-likeness (QED) is 0.0481. The van der Waals surface area contributed by atoms with E-state index >= 15 is 0 Å². The van der Waals surface area contributed by atoms with Crippen molar-refractivity contribution in [2.75, 3.05) is 4.90 Å². The van der Waals surface area contributed by atoms with E-state index in [-0.39, 0.29) is 10.8 Å². The Morgan fingerprint density at radius 1 is 0.261 bits per heavy atom. The molecule has 0 bridgehead atoms. The Morgan fingerprint density at radius 2 is 0.652 bits per heavy atom. The summed E-state index contributed by atoms with van der Waals surface area (Å²) in [5.74, 6) is 0. The summed E-state index contributed by atoms with van der Waals surface area (Å²) in [5, 5.41) is 4.93. The predicted molar refractivity (Wildman–Crippen MR) is 484 cm³/mol. The van der Waals surface area contributed by atoms with Crippen LogP contribution < -0.4 is 4.90 Å². The van der Waals surface area contributed by atoms with Gasteiger partial charge in [-0.25, -0.2) is 0 Å². The lowest BCUT2D eigenvalue weighted by molar-refractivity contribution is 0.369. The van der Waals surface area contributed by atoms with Crippen LogP contribution in [-0.2, 0) is 21.7 Å². The molecule has 0 N–H and O–H groups in total. The molecular weight excluding hydrogens is 1390 g/mol. The second-order valence-electron chi connectivity index (χ2n) is 35.3. The predicted octanol–water partition coefficient (Wildman–Crippen LogP) is 32.2. The third kappa shape index (κ3) is 10.4. The van der Waals surface area contributed by atoms with Crippen LogP contribution in [-0.4, -0.2) is 0 Å². The van der Waals surface area contributed by atoms with E-state index in [9.17, 15) is 0 Å². The van der Waals surface area contributed by atoms with Gasteiger partial charge in [-0.05, 0) is 233 Å². The summed E-state index contributed by atoms with van der Waals surface area (Å²) < 4.78 is 14.7. The van der Waals surface area contributed by atoms with Gasteiger partial charge in [0.1, 0.15) is 22.3 Å². The van der Waals surface area contributed by atoms with Crippen molar-refractivity contribution in [2.45, 2.75) is 217 Å². The van der Waals surface area contributed by atoms with Gasteiger partial charge in [0.2, 0.25) is 0 Å². The first-order valence-electron chi connectivity index (χ1n) is 44.6. The Hall–Kier alpha value is -10.7. The first-order chi connectivity index (χ1) is 56.7. The largest absolute Gasteiger partial charge is 0.456 e. The van der Waals surface area contributed by atoms with Crippen molar-refractivity contribution in [1.29, 1.82) is 0 Å². The summed E-state index contributed by atoms with van der Waals surface area (Å²) >= 11 is 0. The zero-order valence-electron chi connectivity index (χ0n) is 68.4. The maximum Gasteiger partial charge on any atom is 0.144 e. The summed E-state index contributed by atoms with van der Waals surface area (Å²) in [5.41, 5.74) is 41.5. The standard InChI is InChI=1S/C112H107NO2/c1-7-11-15-19-37-64-109(65-38-20-16-12-8-2)87-51-30-27-48-81(87)102-103-84-50-29-36-57-98(84)115-108(103)104-82-61-59-74(68-93(82)110(106(104)105(102)109,66-39-21-17-13-9-3)67-40-22-18-14-10-4)113(107-72(5)42-41-43-73(107)6)75-58-60-80-85-70-96-86(71-95(85)112(94(80)69-75)90-54-33-25-46-78(90)79-47-26-34-55-91(79)112)100-92(62-63-99-101(100)83-49-28-35-56-97(83)114-99)111(96)88-52-31-23-44-76(88)77-45-24-32-53-89(77)111/h23-36,41-63,68-71H,7-22,37-40,64-67H2,1-6H3. The third-order valence-electron chi connectivity index (χ3n) is 29.1. The first kappa shape index (κ1) is 72.0. The molecule has 2 heterocycles. The number of anilines is 3. The highest BCUT2D eigenvalue weighted by molar-refractivity contribution is 6.22. The number of rotatable bonds is 27. The molecule has 15 aromatic rings. The van der Waals surface area contributed by atoms with Gasteiger partial charge in [0.25, 0.3) is 0 Å². The molecule has 0 saturated carbocycles. The Labute approximate surface area is 680 Å². The van der Waals surface area contributed by atoms with Crippen LogP contribution in [0.1, 0.15) is 260 Å². The van der Waals surface area contributed by atoms with Crippen LogP contribution in [0.15, 0.2) is 258 Å².